The van der Waals surface area contributed by atoms with Crippen LogP contribution in [0.4, 0.5) is 5.69 Å². The molecule has 0 aliphatic heterocycles. The Balaban J connectivity index is 1.98. The van der Waals surface area contributed by atoms with E-state index >= 15 is 0 Å². The van der Waals surface area contributed by atoms with Gasteiger partial charge < -0.3 is 14.8 Å². The summed E-state index contributed by atoms with van der Waals surface area (Å²) in [5.74, 6) is 1.35. The van der Waals surface area contributed by atoms with Crippen molar-refractivity contribution >= 4 is 21.6 Å². The molecule has 2 aromatic carbocycles. The third-order valence-corrected chi connectivity index (χ3v) is 6.28. The lowest BCUT2D eigenvalue weighted by Gasteiger charge is -2.23. The van der Waals surface area contributed by atoms with Gasteiger partial charge in [0.1, 0.15) is 11.5 Å². The molecule has 0 radical (unpaired) electrons. The molecule has 0 fully saturated rings. The van der Waals surface area contributed by atoms with Crippen molar-refractivity contribution in [1.82, 2.24) is 5.32 Å². The van der Waals surface area contributed by atoms with Gasteiger partial charge in [-0.2, -0.15) is 0 Å². The fraction of sp³-hybridized carbons (Fsp3) is 0.435. The minimum atomic E-state index is -3.47. The summed E-state index contributed by atoms with van der Waals surface area (Å²) in [6.45, 7) is 4.20. The van der Waals surface area contributed by atoms with E-state index in [9.17, 15) is 13.2 Å². The average Bonchev–Trinajstić information content (AvgIpc) is 2.74. The van der Waals surface area contributed by atoms with E-state index in [0.29, 0.717) is 17.9 Å². The van der Waals surface area contributed by atoms with Gasteiger partial charge in [0.25, 0.3) is 0 Å². The average molecular weight is 449 g/mol. The van der Waals surface area contributed by atoms with Crippen LogP contribution in [0.5, 0.6) is 11.5 Å². The summed E-state index contributed by atoms with van der Waals surface area (Å²) in [6, 6.07) is 12.6. The summed E-state index contributed by atoms with van der Waals surface area (Å²) in [7, 11) is -0.283. The molecule has 2 rings (SSSR count). The van der Waals surface area contributed by atoms with Gasteiger partial charge in [0.05, 0.1) is 32.2 Å². The van der Waals surface area contributed by atoms with Crippen LogP contribution in [0.1, 0.15) is 43.4 Å². The predicted octanol–water partition coefficient (Wildman–Crippen LogP) is 3.83. The Kier molecular flexibility index (Phi) is 8.74. The van der Waals surface area contributed by atoms with Crippen LogP contribution in [-0.2, 0) is 14.8 Å². The summed E-state index contributed by atoms with van der Waals surface area (Å²) in [4.78, 5) is 12.5. The zero-order chi connectivity index (χ0) is 23.0. The van der Waals surface area contributed by atoms with E-state index in [0.717, 1.165) is 29.6 Å². The summed E-state index contributed by atoms with van der Waals surface area (Å²) in [6.07, 6.45) is 2.55. The van der Waals surface area contributed by atoms with Crippen molar-refractivity contribution in [3.63, 3.8) is 0 Å². The van der Waals surface area contributed by atoms with E-state index in [2.05, 4.69) is 5.32 Å². The molecule has 1 atom stereocenters. The van der Waals surface area contributed by atoms with Crippen molar-refractivity contribution in [3.8, 4) is 11.5 Å². The maximum Gasteiger partial charge on any atom is 0.232 e. The molecule has 170 valence electrons. The number of ether oxygens (including phenoxy) is 2. The second kappa shape index (κ2) is 11.0. The van der Waals surface area contributed by atoms with E-state index in [4.69, 9.17) is 9.47 Å². The van der Waals surface area contributed by atoms with Crippen molar-refractivity contribution in [2.24, 2.45) is 0 Å². The highest BCUT2D eigenvalue weighted by molar-refractivity contribution is 7.92. The smallest absolute Gasteiger partial charge is 0.232 e. The van der Waals surface area contributed by atoms with Crippen LogP contribution < -0.4 is 19.1 Å². The lowest BCUT2D eigenvalue weighted by atomic mass is 10.0. The van der Waals surface area contributed by atoms with Gasteiger partial charge in [-0.3, -0.25) is 9.10 Å². The van der Waals surface area contributed by atoms with Gasteiger partial charge in [-0.1, -0.05) is 19.1 Å². The number of carbonyl (C=O) groups is 1. The summed E-state index contributed by atoms with van der Waals surface area (Å²) < 4.78 is 36.2. The van der Waals surface area contributed by atoms with Gasteiger partial charge >= 0.3 is 0 Å². The number of sulfonamides is 1. The lowest BCUT2D eigenvalue weighted by Crippen LogP contribution is -2.33. The second-order valence-corrected chi connectivity index (χ2v) is 9.30. The number of methoxy groups -OCH3 is 2. The second-order valence-electron chi connectivity index (χ2n) is 7.39. The Labute approximate surface area is 185 Å². The molecule has 31 heavy (non-hydrogen) atoms. The minimum Gasteiger partial charge on any atom is -0.497 e. The third-order valence-electron chi connectivity index (χ3n) is 5.09. The van der Waals surface area contributed by atoms with Crippen LogP contribution in [0, 0.1) is 6.92 Å². The number of anilines is 1. The number of aryl methyl sites for hydroxylation is 1. The Hall–Kier alpha value is -2.74. The number of carbonyl (C=O) groups excluding carboxylic acids is 1. The van der Waals surface area contributed by atoms with Crippen molar-refractivity contribution < 1.29 is 22.7 Å². The highest BCUT2D eigenvalue weighted by atomic mass is 32.2. The van der Waals surface area contributed by atoms with E-state index in [-0.39, 0.29) is 24.9 Å². The van der Waals surface area contributed by atoms with Crippen molar-refractivity contribution in [3.05, 3.63) is 53.6 Å². The molecule has 7 nitrogen and oxygen atoms in total. The maximum absolute atomic E-state index is 12.5. The summed E-state index contributed by atoms with van der Waals surface area (Å²) in [5, 5.41) is 3.05. The normalized spacial score (nSPS) is 12.2. The number of hydrogen-bond donors (Lipinski definition) is 1. The first-order chi connectivity index (χ1) is 14.7. The molecule has 1 N–H and O–H groups in total. The Morgan fingerprint density at radius 2 is 1.77 bits per heavy atom. The van der Waals surface area contributed by atoms with Gasteiger partial charge in [0.2, 0.25) is 15.9 Å². The SMILES string of the molecule is CC[C@H](NC(=O)CCCN(c1ccc(OC)cc1)S(C)(=O)=O)c1ccc(OC)c(C)c1. The van der Waals surface area contributed by atoms with E-state index in [1.807, 2.05) is 32.0 Å². The van der Waals surface area contributed by atoms with Gasteiger partial charge in [-0.05, 0) is 61.2 Å². The molecule has 0 heterocycles. The maximum atomic E-state index is 12.5. The highest BCUT2D eigenvalue weighted by Gasteiger charge is 2.19. The van der Waals surface area contributed by atoms with Gasteiger partial charge in [-0.15, -0.1) is 0 Å². The van der Waals surface area contributed by atoms with E-state index < -0.39 is 10.0 Å². The first-order valence-corrected chi connectivity index (χ1v) is 12.1. The van der Waals surface area contributed by atoms with Crippen molar-refractivity contribution in [2.75, 3.05) is 31.3 Å². The Morgan fingerprint density at radius 3 is 2.29 bits per heavy atom. The molecule has 0 saturated heterocycles. The molecule has 0 spiro atoms. The number of hydrogen-bond acceptors (Lipinski definition) is 5. The fourth-order valence-corrected chi connectivity index (χ4v) is 4.39. The number of nitrogens with one attached hydrogen (secondary N) is 1. The molecule has 0 aliphatic carbocycles. The zero-order valence-corrected chi connectivity index (χ0v) is 19.7. The Bertz CT molecular complexity index is 974. The Morgan fingerprint density at radius 1 is 1.10 bits per heavy atom. The molecular formula is C23H32N2O5S. The number of benzene rings is 2. The van der Waals surface area contributed by atoms with Crippen LogP contribution >= 0.6 is 0 Å². The van der Waals surface area contributed by atoms with E-state index in [1.165, 1.54) is 4.31 Å². The molecular weight excluding hydrogens is 416 g/mol. The van der Waals surface area contributed by atoms with Crippen LogP contribution in [0.25, 0.3) is 0 Å². The van der Waals surface area contributed by atoms with Crippen LogP contribution in [0.15, 0.2) is 42.5 Å². The third kappa shape index (κ3) is 6.89. The van der Waals surface area contributed by atoms with Gasteiger partial charge in [-0.25, -0.2) is 8.42 Å². The zero-order valence-electron chi connectivity index (χ0n) is 18.8. The van der Waals surface area contributed by atoms with Crippen LogP contribution in [0.3, 0.4) is 0 Å². The largest absolute Gasteiger partial charge is 0.497 e. The minimum absolute atomic E-state index is 0.107. The van der Waals surface area contributed by atoms with Crippen molar-refractivity contribution in [2.45, 2.75) is 39.2 Å². The molecule has 0 saturated carbocycles. The summed E-state index contributed by atoms with van der Waals surface area (Å²) in [5.41, 5.74) is 2.57. The molecule has 0 unspecified atom stereocenters. The molecule has 0 aliphatic rings. The first-order valence-electron chi connectivity index (χ1n) is 10.2. The van der Waals surface area contributed by atoms with Gasteiger partial charge in [0.15, 0.2) is 0 Å². The topological polar surface area (TPSA) is 84.9 Å². The lowest BCUT2D eigenvalue weighted by molar-refractivity contribution is -0.121. The highest BCUT2D eigenvalue weighted by Crippen LogP contribution is 2.25. The molecule has 1 amide bonds. The first kappa shape index (κ1) is 24.5. The number of nitrogens with zero attached hydrogens (tertiary/aromatic N) is 1. The molecule has 2 aromatic rings. The standard InChI is InChI=1S/C23H32N2O5S/c1-6-21(18-9-14-22(30-4)17(2)16-18)24-23(26)8-7-15-25(31(5,27)28)19-10-12-20(29-3)13-11-19/h9-14,16,21H,6-8,15H2,1-5H3,(H,24,26)/t21-/m0/s1. The van der Waals surface area contributed by atoms with Crippen LogP contribution in [0.2, 0.25) is 0 Å². The van der Waals surface area contributed by atoms with Gasteiger partial charge in [0, 0.05) is 13.0 Å². The summed E-state index contributed by atoms with van der Waals surface area (Å²) >= 11 is 0. The molecule has 0 aromatic heterocycles. The van der Waals surface area contributed by atoms with Crippen molar-refractivity contribution in [1.29, 1.82) is 0 Å². The van der Waals surface area contributed by atoms with E-state index in [1.54, 1.807) is 38.5 Å². The molecule has 8 heteroatoms. The predicted molar refractivity (Wildman–Crippen MR) is 123 cm³/mol. The fourth-order valence-electron chi connectivity index (χ4n) is 3.42. The number of rotatable bonds is 11. The monoisotopic (exact) mass is 448 g/mol. The quantitative estimate of drug-likeness (QED) is 0.565. The number of amides is 1. The van der Waals surface area contributed by atoms with Crippen LogP contribution in [-0.4, -0.2) is 41.3 Å². The molecule has 0 bridgehead atoms.